The van der Waals surface area contributed by atoms with Crippen molar-refractivity contribution in [2.45, 2.75) is 38.1 Å². The lowest BCUT2D eigenvalue weighted by atomic mass is 10.1. The molecule has 3 heterocycles. The normalized spacial score (nSPS) is 12.3. The van der Waals surface area contributed by atoms with Gasteiger partial charge in [-0.15, -0.1) is 10.2 Å². The van der Waals surface area contributed by atoms with Gasteiger partial charge in [0.05, 0.1) is 0 Å². The average Bonchev–Trinajstić information content (AvgIpc) is 3.35. The van der Waals surface area contributed by atoms with E-state index in [1.807, 2.05) is 57.9 Å². The lowest BCUT2D eigenvalue weighted by Crippen LogP contribution is -2.33. The molecule has 0 saturated carbocycles. The van der Waals surface area contributed by atoms with E-state index in [1.54, 1.807) is 11.8 Å². The Morgan fingerprint density at radius 1 is 1.11 bits per heavy atom. The lowest BCUT2D eigenvalue weighted by Gasteiger charge is -2.18. The molecule has 144 valence electrons. The number of fused-ring (bicyclic) bond motifs is 1. The topological polar surface area (TPSA) is 64.2 Å². The third-order valence-electron chi connectivity index (χ3n) is 4.65. The Kier molecular flexibility index (Phi) is 7.33. The fraction of sp³-hybridized carbons (Fsp3) is 0.450. The molecule has 3 aromatic rings. The first-order chi connectivity index (χ1) is 13.3. The highest BCUT2D eigenvalue weighted by molar-refractivity contribution is 7.98. The van der Waals surface area contributed by atoms with Gasteiger partial charge in [0, 0.05) is 31.6 Å². The summed E-state index contributed by atoms with van der Waals surface area (Å²) >= 11 is 1.77. The molecule has 0 bridgehead atoms. The van der Waals surface area contributed by atoms with Gasteiger partial charge in [0.25, 0.3) is 0 Å². The van der Waals surface area contributed by atoms with Gasteiger partial charge in [0.2, 0.25) is 5.91 Å². The van der Waals surface area contributed by atoms with Crippen molar-refractivity contribution in [2.24, 2.45) is 0 Å². The third kappa shape index (κ3) is 5.35. The number of aromatic nitrogens is 4. The summed E-state index contributed by atoms with van der Waals surface area (Å²) in [6.07, 6.45) is 12.8. The first-order valence-corrected chi connectivity index (χ1v) is 10.9. The van der Waals surface area contributed by atoms with E-state index in [-0.39, 0.29) is 11.9 Å². The van der Waals surface area contributed by atoms with Crippen LogP contribution in [0.4, 0.5) is 0 Å². The monoisotopic (exact) mass is 385 g/mol. The van der Waals surface area contributed by atoms with Crippen LogP contribution in [-0.2, 0) is 11.2 Å². The molecule has 3 rings (SSSR count). The molecular weight excluding hydrogens is 358 g/mol. The molecule has 0 radical (unpaired) electrons. The summed E-state index contributed by atoms with van der Waals surface area (Å²) < 4.78 is 4.04. The summed E-state index contributed by atoms with van der Waals surface area (Å²) in [6, 6.07) is 9.74. The SMILES string of the molecule is CSCC[C@@H](C(=O)NCCCCCc1nnc2ccccn12)n1cccc1. The molecule has 1 atom stereocenters. The molecule has 1 amide bonds. The quantitative estimate of drug-likeness (QED) is 0.514. The number of nitrogens with one attached hydrogen (secondary N) is 1. The van der Waals surface area contributed by atoms with Crippen LogP contribution in [0.25, 0.3) is 5.65 Å². The fourth-order valence-corrected chi connectivity index (χ4v) is 3.64. The summed E-state index contributed by atoms with van der Waals surface area (Å²) in [6.45, 7) is 0.719. The lowest BCUT2D eigenvalue weighted by molar-refractivity contribution is -0.124. The zero-order valence-electron chi connectivity index (χ0n) is 15.8. The van der Waals surface area contributed by atoms with E-state index in [0.29, 0.717) is 0 Å². The first-order valence-electron chi connectivity index (χ1n) is 9.47. The van der Waals surface area contributed by atoms with E-state index >= 15 is 0 Å². The Morgan fingerprint density at radius 2 is 1.93 bits per heavy atom. The van der Waals surface area contributed by atoms with Crippen molar-refractivity contribution >= 4 is 23.3 Å². The van der Waals surface area contributed by atoms with Crippen LogP contribution in [0, 0.1) is 0 Å². The zero-order chi connectivity index (χ0) is 18.9. The molecule has 1 N–H and O–H groups in total. The third-order valence-corrected chi connectivity index (χ3v) is 5.29. The predicted molar refractivity (Wildman–Crippen MR) is 110 cm³/mol. The van der Waals surface area contributed by atoms with E-state index in [9.17, 15) is 4.79 Å². The summed E-state index contributed by atoms with van der Waals surface area (Å²) in [5, 5.41) is 11.5. The van der Waals surface area contributed by atoms with E-state index in [1.165, 1.54) is 0 Å². The van der Waals surface area contributed by atoms with Gasteiger partial charge < -0.3 is 9.88 Å². The zero-order valence-corrected chi connectivity index (χ0v) is 16.6. The standard InChI is InChI=1S/C20H27N5OS/c1-27-16-11-17(24-13-7-8-14-24)20(26)21-12-5-2-3-9-18-22-23-19-10-4-6-15-25(18)19/h4,6-8,10,13-15,17H,2-3,5,9,11-12,16H2,1H3,(H,21,26)/t17-/m0/s1. The van der Waals surface area contributed by atoms with Crippen molar-refractivity contribution in [2.75, 3.05) is 18.6 Å². The number of hydrogen-bond donors (Lipinski definition) is 1. The molecule has 0 aliphatic carbocycles. The second-order valence-electron chi connectivity index (χ2n) is 6.57. The van der Waals surface area contributed by atoms with Crippen LogP contribution in [0.3, 0.4) is 0 Å². The number of rotatable bonds is 11. The smallest absolute Gasteiger partial charge is 0.243 e. The van der Waals surface area contributed by atoms with E-state index in [2.05, 4.69) is 21.8 Å². The number of pyridine rings is 1. The van der Waals surface area contributed by atoms with Gasteiger partial charge >= 0.3 is 0 Å². The minimum atomic E-state index is -0.116. The molecule has 0 aromatic carbocycles. The number of hydrogen-bond acceptors (Lipinski definition) is 4. The molecule has 27 heavy (non-hydrogen) atoms. The fourth-order valence-electron chi connectivity index (χ4n) is 3.18. The van der Waals surface area contributed by atoms with Crippen molar-refractivity contribution in [3.05, 3.63) is 54.7 Å². The number of nitrogens with zero attached hydrogens (tertiary/aromatic N) is 4. The minimum absolute atomic E-state index is 0.115. The second-order valence-corrected chi connectivity index (χ2v) is 7.56. The van der Waals surface area contributed by atoms with Crippen LogP contribution in [-0.4, -0.2) is 43.6 Å². The summed E-state index contributed by atoms with van der Waals surface area (Å²) in [7, 11) is 0. The minimum Gasteiger partial charge on any atom is -0.354 e. The van der Waals surface area contributed by atoms with Gasteiger partial charge in [0.15, 0.2) is 5.65 Å². The molecule has 0 saturated heterocycles. The number of amides is 1. The van der Waals surface area contributed by atoms with Crippen molar-refractivity contribution in [1.29, 1.82) is 0 Å². The van der Waals surface area contributed by atoms with Crippen LogP contribution in [0.5, 0.6) is 0 Å². The van der Waals surface area contributed by atoms with Crippen LogP contribution < -0.4 is 5.32 Å². The van der Waals surface area contributed by atoms with Gasteiger partial charge in [-0.2, -0.15) is 11.8 Å². The maximum atomic E-state index is 12.6. The van der Waals surface area contributed by atoms with Crippen molar-refractivity contribution in [3.8, 4) is 0 Å². The van der Waals surface area contributed by atoms with Gasteiger partial charge in [-0.05, 0) is 55.5 Å². The van der Waals surface area contributed by atoms with Gasteiger partial charge in [-0.1, -0.05) is 12.5 Å². The maximum absolute atomic E-state index is 12.6. The Balaban J connectivity index is 1.38. The number of unbranched alkanes of at least 4 members (excludes halogenated alkanes) is 2. The summed E-state index contributed by atoms with van der Waals surface area (Å²) in [5.41, 5.74) is 0.890. The molecular formula is C20H27N5OS. The average molecular weight is 386 g/mol. The van der Waals surface area contributed by atoms with Crippen LogP contribution >= 0.6 is 11.8 Å². The van der Waals surface area contributed by atoms with Crippen LogP contribution in [0.15, 0.2) is 48.9 Å². The molecule has 0 aliphatic heterocycles. The predicted octanol–water partition coefficient (Wildman–Crippen LogP) is 3.35. The second kappa shape index (κ2) is 10.2. The molecule has 0 spiro atoms. The van der Waals surface area contributed by atoms with Crippen LogP contribution in [0.1, 0.15) is 37.5 Å². The summed E-state index contributed by atoms with van der Waals surface area (Å²) in [4.78, 5) is 12.6. The highest BCUT2D eigenvalue weighted by Crippen LogP contribution is 2.15. The Labute approximate surface area is 164 Å². The number of thioether (sulfide) groups is 1. The van der Waals surface area contributed by atoms with E-state index in [4.69, 9.17) is 0 Å². The van der Waals surface area contributed by atoms with Gasteiger partial charge in [-0.3, -0.25) is 9.20 Å². The molecule has 0 unspecified atom stereocenters. The maximum Gasteiger partial charge on any atom is 0.243 e. The highest BCUT2D eigenvalue weighted by Gasteiger charge is 2.18. The number of carbonyl (C=O) groups excluding carboxylic acids is 1. The first kappa shape index (κ1) is 19.5. The Morgan fingerprint density at radius 3 is 2.74 bits per heavy atom. The molecule has 7 heteroatoms. The van der Waals surface area contributed by atoms with Crippen molar-refractivity contribution in [3.63, 3.8) is 0 Å². The van der Waals surface area contributed by atoms with Crippen molar-refractivity contribution < 1.29 is 4.79 Å². The molecule has 3 aromatic heterocycles. The van der Waals surface area contributed by atoms with E-state index < -0.39 is 0 Å². The van der Waals surface area contributed by atoms with Gasteiger partial charge in [-0.25, -0.2) is 0 Å². The molecule has 0 fully saturated rings. The van der Waals surface area contributed by atoms with E-state index in [0.717, 1.165) is 55.9 Å². The van der Waals surface area contributed by atoms with Crippen LogP contribution in [0.2, 0.25) is 0 Å². The summed E-state index contributed by atoms with van der Waals surface area (Å²) in [5.74, 6) is 2.09. The number of aryl methyl sites for hydroxylation is 1. The molecule has 6 nitrogen and oxygen atoms in total. The van der Waals surface area contributed by atoms with Gasteiger partial charge in [0.1, 0.15) is 11.9 Å². The Bertz CT molecular complexity index is 830. The largest absolute Gasteiger partial charge is 0.354 e. The Hall–Kier alpha value is -2.28. The van der Waals surface area contributed by atoms with Crippen molar-refractivity contribution in [1.82, 2.24) is 24.5 Å². The number of carbonyl (C=O) groups is 1. The highest BCUT2D eigenvalue weighted by atomic mass is 32.2. The molecule has 0 aliphatic rings.